The molecular formula is C24H30N4O3. The number of fused-ring (bicyclic) bond motifs is 1. The molecule has 2 aliphatic rings. The molecule has 2 aromatic rings. The highest BCUT2D eigenvalue weighted by atomic mass is 16.3. The van der Waals surface area contributed by atoms with Gasteiger partial charge < -0.3 is 20.6 Å². The Morgan fingerprint density at radius 2 is 1.87 bits per heavy atom. The molecule has 3 N–H and O–H groups in total. The summed E-state index contributed by atoms with van der Waals surface area (Å²) in [7, 11) is 0. The van der Waals surface area contributed by atoms with Crippen LogP contribution in [0.4, 0.5) is 16.2 Å². The summed E-state index contributed by atoms with van der Waals surface area (Å²) in [4.78, 5) is 29.9. The lowest BCUT2D eigenvalue weighted by molar-refractivity contribution is -0.140. The first-order valence-electron chi connectivity index (χ1n) is 10.9. The quantitative estimate of drug-likeness (QED) is 0.625. The number of para-hydroxylation sites is 1. The molecule has 0 bridgehead atoms. The zero-order valence-electron chi connectivity index (χ0n) is 18.1. The monoisotopic (exact) mass is 422 g/mol. The SMILES string of the molecule is Cc1ccc(N2C(=O)Nc3ccccc3[C@]2(O)C(=O)NCCCN2CCCC2)cc1C. The van der Waals surface area contributed by atoms with Crippen LogP contribution in [-0.2, 0) is 10.5 Å². The summed E-state index contributed by atoms with van der Waals surface area (Å²) >= 11 is 0. The number of nitrogens with zero attached hydrogens (tertiary/aromatic N) is 2. The summed E-state index contributed by atoms with van der Waals surface area (Å²) in [5, 5.41) is 17.5. The van der Waals surface area contributed by atoms with Crippen LogP contribution in [0.3, 0.4) is 0 Å². The molecule has 2 heterocycles. The fraction of sp³-hybridized carbons (Fsp3) is 0.417. The van der Waals surface area contributed by atoms with E-state index < -0.39 is 17.7 Å². The smallest absolute Gasteiger partial charge is 0.329 e. The van der Waals surface area contributed by atoms with Gasteiger partial charge >= 0.3 is 6.03 Å². The maximum atomic E-state index is 13.4. The van der Waals surface area contributed by atoms with Crippen molar-refractivity contribution in [1.29, 1.82) is 0 Å². The molecule has 7 nitrogen and oxygen atoms in total. The van der Waals surface area contributed by atoms with Gasteiger partial charge in [-0.25, -0.2) is 4.79 Å². The highest BCUT2D eigenvalue weighted by molar-refractivity contribution is 6.11. The number of nitrogens with one attached hydrogen (secondary N) is 2. The third-order valence-electron chi connectivity index (χ3n) is 6.27. The van der Waals surface area contributed by atoms with Crippen molar-refractivity contribution >= 4 is 23.3 Å². The van der Waals surface area contributed by atoms with Gasteiger partial charge in [0.1, 0.15) is 0 Å². The van der Waals surface area contributed by atoms with Gasteiger partial charge in [0.25, 0.3) is 11.6 Å². The molecule has 7 heteroatoms. The second kappa shape index (κ2) is 8.69. The fourth-order valence-corrected chi connectivity index (χ4v) is 4.36. The molecule has 164 valence electrons. The van der Waals surface area contributed by atoms with Crippen LogP contribution in [0.15, 0.2) is 42.5 Å². The summed E-state index contributed by atoms with van der Waals surface area (Å²) in [6.07, 6.45) is 3.24. The van der Waals surface area contributed by atoms with E-state index in [1.165, 1.54) is 12.8 Å². The van der Waals surface area contributed by atoms with Gasteiger partial charge in [0, 0.05) is 17.8 Å². The molecule has 0 saturated carbocycles. The first-order valence-corrected chi connectivity index (χ1v) is 10.9. The molecule has 2 aliphatic heterocycles. The Labute approximate surface area is 183 Å². The largest absolute Gasteiger partial charge is 0.359 e. The first kappa shape index (κ1) is 21.3. The van der Waals surface area contributed by atoms with Gasteiger partial charge in [0.15, 0.2) is 0 Å². The van der Waals surface area contributed by atoms with Gasteiger partial charge in [-0.1, -0.05) is 24.3 Å². The Bertz CT molecular complexity index is 987. The molecule has 0 spiro atoms. The van der Waals surface area contributed by atoms with E-state index in [9.17, 15) is 14.7 Å². The average Bonchev–Trinajstić information content (AvgIpc) is 3.27. The van der Waals surface area contributed by atoms with Crippen molar-refractivity contribution in [3.8, 4) is 0 Å². The van der Waals surface area contributed by atoms with Gasteiger partial charge in [-0.3, -0.25) is 9.69 Å². The summed E-state index contributed by atoms with van der Waals surface area (Å²) in [6.45, 7) is 7.47. The Balaban J connectivity index is 1.62. The van der Waals surface area contributed by atoms with Crippen LogP contribution in [0.5, 0.6) is 0 Å². The molecule has 3 amide bonds. The lowest BCUT2D eigenvalue weighted by Gasteiger charge is -2.42. The van der Waals surface area contributed by atoms with Gasteiger partial charge in [0.2, 0.25) is 0 Å². The molecule has 0 aliphatic carbocycles. The second-order valence-electron chi connectivity index (χ2n) is 8.41. The Morgan fingerprint density at radius 1 is 1.13 bits per heavy atom. The summed E-state index contributed by atoms with van der Waals surface area (Å²) in [5.74, 6) is -0.602. The van der Waals surface area contributed by atoms with Crippen molar-refractivity contribution in [3.05, 3.63) is 59.2 Å². The number of anilines is 2. The van der Waals surface area contributed by atoms with Crippen LogP contribution in [0.1, 0.15) is 36.0 Å². The van der Waals surface area contributed by atoms with Gasteiger partial charge in [-0.15, -0.1) is 0 Å². The Kier molecular flexibility index (Phi) is 5.98. The van der Waals surface area contributed by atoms with Crippen molar-refractivity contribution in [3.63, 3.8) is 0 Å². The van der Waals surface area contributed by atoms with Crippen molar-refractivity contribution < 1.29 is 14.7 Å². The molecule has 0 unspecified atom stereocenters. The standard InChI is InChI=1S/C24H30N4O3/c1-17-10-11-19(16-18(17)2)28-23(30)26-21-9-4-3-8-20(21)24(28,31)22(29)25-12-7-15-27-13-5-6-14-27/h3-4,8-11,16,31H,5-7,12-15H2,1-2H3,(H,25,29)(H,26,30)/t24-/m0/s1. The molecular weight excluding hydrogens is 392 g/mol. The highest BCUT2D eigenvalue weighted by Gasteiger charge is 2.51. The predicted molar refractivity (Wildman–Crippen MR) is 121 cm³/mol. The number of aliphatic hydroxyl groups is 1. The number of rotatable bonds is 6. The average molecular weight is 423 g/mol. The van der Waals surface area contributed by atoms with E-state index in [0.29, 0.717) is 23.5 Å². The normalized spacial score (nSPS) is 21.0. The van der Waals surface area contributed by atoms with Crippen LogP contribution < -0.4 is 15.5 Å². The van der Waals surface area contributed by atoms with Crippen LogP contribution in [0.25, 0.3) is 0 Å². The van der Waals surface area contributed by atoms with Gasteiger partial charge in [-0.2, -0.15) is 0 Å². The lowest BCUT2D eigenvalue weighted by Crippen LogP contribution is -2.62. The van der Waals surface area contributed by atoms with E-state index in [0.717, 1.165) is 42.1 Å². The number of carbonyl (C=O) groups excluding carboxylic acids is 2. The minimum absolute atomic E-state index is 0.352. The van der Waals surface area contributed by atoms with Crippen LogP contribution in [0.2, 0.25) is 0 Å². The maximum absolute atomic E-state index is 13.4. The van der Waals surface area contributed by atoms with Crippen molar-refractivity contribution in [2.75, 3.05) is 36.4 Å². The first-order chi connectivity index (χ1) is 14.9. The van der Waals surface area contributed by atoms with Crippen LogP contribution in [0, 0.1) is 13.8 Å². The third-order valence-corrected chi connectivity index (χ3v) is 6.27. The van der Waals surface area contributed by atoms with Crippen molar-refractivity contribution in [2.45, 2.75) is 38.8 Å². The number of urea groups is 1. The summed E-state index contributed by atoms with van der Waals surface area (Å²) in [6, 6.07) is 11.8. The van der Waals surface area contributed by atoms with E-state index in [4.69, 9.17) is 0 Å². The molecule has 0 aromatic heterocycles. The molecule has 2 aromatic carbocycles. The molecule has 1 saturated heterocycles. The summed E-state index contributed by atoms with van der Waals surface area (Å²) in [5.41, 5.74) is 1.14. The number of likely N-dealkylation sites (tertiary alicyclic amines) is 1. The zero-order valence-corrected chi connectivity index (χ0v) is 18.1. The minimum Gasteiger partial charge on any atom is -0.359 e. The molecule has 1 atom stereocenters. The van der Waals surface area contributed by atoms with E-state index in [-0.39, 0.29) is 0 Å². The zero-order chi connectivity index (χ0) is 22.0. The number of hydrogen-bond acceptors (Lipinski definition) is 4. The van der Waals surface area contributed by atoms with Crippen LogP contribution >= 0.6 is 0 Å². The number of amides is 3. The molecule has 0 radical (unpaired) electrons. The van der Waals surface area contributed by atoms with E-state index >= 15 is 0 Å². The van der Waals surface area contributed by atoms with Crippen LogP contribution in [-0.4, -0.2) is 48.1 Å². The molecule has 31 heavy (non-hydrogen) atoms. The summed E-state index contributed by atoms with van der Waals surface area (Å²) < 4.78 is 0. The number of carbonyl (C=O) groups is 2. The predicted octanol–water partition coefficient (Wildman–Crippen LogP) is 3.10. The second-order valence-corrected chi connectivity index (χ2v) is 8.41. The number of aryl methyl sites for hydroxylation is 2. The Morgan fingerprint density at radius 3 is 2.61 bits per heavy atom. The number of benzene rings is 2. The number of hydrogen-bond donors (Lipinski definition) is 3. The van der Waals surface area contributed by atoms with Gasteiger partial charge in [-0.05, 0) is 82.1 Å². The van der Waals surface area contributed by atoms with Gasteiger partial charge in [0.05, 0.1) is 5.69 Å². The third kappa shape index (κ3) is 4.03. The molecule has 1 fully saturated rings. The van der Waals surface area contributed by atoms with Crippen molar-refractivity contribution in [1.82, 2.24) is 10.2 Å². The van der Waals surface area contributed by atoms with E-state index in [1.807, 2.05) is 26.0 Å². The maximum Gasteiger partial charge on any atom is 0.329 e. The van der Waals surface area contributed by atoms with E-state index in [2.05, 4.69) is 15.5 Å². The van der Waals surface area contributed by atoms with Crippen molar-refractivity contribution in [2.24, 2.45) is 0 Å². The highest BCUT2D eigenvalue weighted by Crippen LogP contribution is 2.40. The topological polar surface area (TPSA) is 84.9 Å². The Hall–Kier alpha value is -2.90. The molecule has 4 rings (SSSR count). The lowest BCUT2D eigenvalue weighted by atomic mass is 9.94. The minimum atomic E-state index is -2.14. The fourth-order valence-electron chi connectivity index (χ4n) is 4.36. The van der Waals surface area contributed by atoms with E-state index in [1.54, 1.807) is 30.3 Å².